The number of nitrogens with one attached hydrogen (secondary N) is 1. The smallest absolute Gasteiger partial charge is 0.250 e. The van der Waals surface area contributed by atoms with Gasteiger partial charge in [-0.2, -0.15) is 5.10 Å². The van der Waals surface area contributed by atoms with Gasteiger partial charge < -0.3 is 4.57 Å². The molecule has 0 bridgehead atoms. The number of allylic oxidation sites excluding steroid dienone is 1. The molecule has 0 aliphatic heterocycles. The van der Waals surface area contributed by atoms with Gasteiger partial charge in [0.1, 0.15) is 0 Å². The average molecular weight is 455 g/mol. The Morgan fingerprint density at radius 1 is 1.03 bits per heavy atom. The van der Waals surface area contributed by atoms with Crippen molar-refractivity contribution in [1.82, 2.24) is 15.0 Å². The highest BCUT2D eigenvalue weighted by Gasteiger charge is 2.13. The number of imidazole rings is 1. The maximum Gasteiger partial charge on any atom is 0.250 e. The fraction of sp³-hybridized carbons (Fsp3) is 0.148. The summed E-state index contributed by atoms with van der Waals surface area (Å²) in [6, 6.07) is 26.5. The summed E-state index contributed by atoms with van der Waals surface area (Å²) in [6.07, 6.45) is 3.67. The Morgan fingerprint density at radius 2 is 1.76 bits per heavy atom. The van der Waals surface area contributed by atoms with Crippen LogP contribution in [0.4, 0.5) is 0 Å². The van der Waals surface area contributed by atoms with Gasteiger partial charge in [0.15, 0.2) is 5.16 Å². The minimum atomic E-state index is -0.169. The third kappa shape index (κ3) is 6.20. The van der Waals surface area contributed by atoms with E-state index in [4.69, 9.17) is 4.98 Å². The van der Waals surface area contributed by atoms with Crippen LogP contribution in [0.3, 0.4) is 0 Å². The summed E-state index contributed by atoms with van der Waals surface area (Å²) in [5.74, 6) is 0.0634. The molecule has 6 heteroatoms. The summed E-state index contributed by atoms with van der Waals surface area (Å²) in [5, 5.41) is 4.90. The average Bonchev–Trinajstić information content (AvgIpc) is 3.17. The fourth-order valence-corrected chi connectivity index (χ4v) is 4.22. The summed E-state index contributed by atoms with van der Waals surface area (Å²) in [5.41, 5.74) is 9.06. The monoisotopic (exact) mass is 454 g/mol. The Bertz CT molecular complexity index is 1290. The van der Waals surface area contributed by atoms with Gasteiger partial charge in [-0.3, -0.25) is 4.79 Å². The maximum absolute atomic E-state index is 12.4. The maximum atomic E-state index is 12.4. The molecule has 0 fully saturated rings. The standard InChI is InChI=1S/C27H26N4OS/c1-20-12-14-23(15-13-20)18-31-25-11-7-6-10-24(25)29-27(31)33-19-26(32)30-28-17-21(2)16-22-8-4-3-5-9-22/h3-17H,18-19H2,1-2H3,(H,30,32)/b21-16+,28-17+. The lowest BCUT2D eigenvalue weighted by molar-refractivity contribution is -0.118. The number of hydrogen-bond donors (Lipinski definition) is 1. The van der Waals surface area contributed by atoms with Gasteiger partial charge in [0.05, 0.1) is 29.5 Å². The van der Waals surface area contributed by atoms with Crippen molar-refractivity contribution in [1.29, 1.82) is 0 Å². The molecule has 0 unspecified atom stereocenters. The molecule has 1 heterocycles. The number of rotatable bonds is 8. The number of nitrogens with zero attached hydrogens (tertiary/aromatic N) is 3. The number of aryl methyl sites for hydroxylation is 1. The van der Waals surface area contributed by atoms with Gasteiger partial charge in [-0.25, -0.2) is 10.4 Å². The van der Waals surface area contributed by atoms with Crippen molar-refractivity contribution in [3.63, 3.8) is 0 Å². The van der Waals surface area contributed by atoms with Crippen molar-refractivity contribution < 1.29 is 4.79 Å². The minimum absolute atomic E-state index is 0.169. The van der Waals surface area contributed by atoms with Gasteiger partial charge in [0.2, 0.25) is 0 Å². The van der Waals surface area contributed by atoms with Crippen LogP contribution >= 0.6 is 11.8 Å². The zero-order valence-corrected chi connectivity index (χ0v) is 19.5. The van der Waals surface area contributed by atoms with Gasteiger partial charge >= 0.3 is 0 Å². The number of thioether (sulfide) groups is 1. The summed E-state index contributed by atoms with van der Waals surface area (Å²) < 4.78 is 2.16. The summed E-state index contributed by atoms with van der Waals surface area (Å²) >= 11 is 1.42. The molecular weight excluding hydrogens is 428 g/mol. The molecule has 3 aromatic carbocycles. The molecule has 0 aliphatic carbocycles. The molecule has 1 N–H and O–H groups in total. The molecule has 0 saturated heterocycles. The van der Waals surface area contributed by atoms with E-state index in [1.54, 1.807) is 6.21 Å². The van der Waals surface area contributed by atoms with E-state index in [-0.39, 0.29) is 11.7 Å². The van der Waals surface area contributed by atoms with Crippen molar-refractivity contribution in [3.05, 3.63) is 101 Å². The van der Waals surface area contributed by atoms with E-state index in [1.165, 1.54) is 22.9 Å². The summed E-state index contributed by atoms with van der Waals surface area (Å²) in [6.45, 7) is 4.73. The Hall–Kier alpha value is -3.64. The van der Waals surface area contributed by atoms with Gasteiger partial charge in [0.25, 0.3) is 5.91 Å². The largest absolute Gasteiger partial charge is 0.314 e. The van der Waals surface area contributed by atoms with Crippen LogP contribution in [-0.4, -0.2) is 27.4 Å². The second-order valence-electron chi connectivity index (χ2n) is 7.84. The molecular formula is C27H26N4OS. The van der Waals surface area contributed by atoms with E-state index in [2.05, 4.69) is 52.3 Å². The highest BCUT2D eigenvalue weighted by molar-refractivity contribution is 7.99. The normalized spacial score (nSPS) is 11.9. The molecule has 0 spiro atoms. The number of benzene rings is 3. The van der Waals surface area contributed by atoms with E-state index >= 15 is 0 Å². The first-order valence-electron chi connectivity index (χ1n) is 10.8. The van der Waals surface area contributed by atoms with Crippen LogP contribution in [0.5, 0.6) is 0 Å². The highest BCUT2D eigenvalue weighted by atomic mass is 32.2. The molecule has 166 valence electrons. The Balaban J connectivity index is 1.40. The second kappa shape index (κ2) is 10.8. The zero-order valence-electron chi connectivity index (χ0n) is 18.7. The highest BCUT2D eigenvalue weighted by Crippen LogP contribution is 2.25. The first-order valence-corrected chi connectivity index (χ1v) is 11.8. The Kier molecular flexibility index (Phi) is 7.37. The van der Waals surface area contributed by atoms with Gasteiger partial charge in [-0.15, -0.1) is 0 Å². The lowest BCUT2D eigenvalue weighted by atomic mass is 10.1. The number of hydrazone groups is 1. The quantitative estimate of drug-likeness (QED) is 0.211. The van der Waals surface area contributed by atoms with Crippen LogP contribution in [0.25, 0.3) is 17.1 Å². The first-order chi connectivity index (χ1) is 16.1. The lowest BCUT2D eigenvalue weighted by Gasteiger charge is -2.09. The lowest BCUT2D eigenvalue weighted by Crippen LogP contribution is -2.20. The fourth-order valence-electron chi connectivity index (χ4n) is 3.41. The third-order valence-corrected chi connectivity index (χ3v) is 6.04. The second-order valence-corrected chi connectivity index (χ2v) is 8.78. The number of carbonyl (C=O) groups excluding carboxylic acids is 1. The number of fused-ring (bicyclic) bond motifs is 1. The van der Waals surface area contributed by atoms with Gasteiger partial charge in [0, 0.05) is 0 Å². The molecule has 0 atom stereocenters. The van der Waals surface area contributed by atoms with E-state index in [0.717, 1.165) is 27.3 Å². The molecule has 4 aromatic rings. The van der Waals surface area contributed by atoms with E-state index in [0.29, 0.717) is 6.54 Å². The molecule has 0 saturated carbocycles. The van der Waals surface area contributed by atoms with Gasteiger partial charge in [-0.1, -0.05) is 90.1 Å². The van der Waals surface area contributed by atoms with Crippen molar-refractivity contribution in [2.45, 2.75) is 25.5 Å². The molecule has 33 heavy (non-hydrogen) atoms. The molecule has 1 aromatic heterocycles. The van der Waals surface area contributed by atoms with Crippen LogP contribution in [0.15, 0.2) is 94.7 Å². The molecule has 5 nitrogen and oxygen atoms in total. The van der Waals surface area contributed by atoms with Crippen molar-refractivity contribution in [2.24, 2.45) is 5.10 Å². The van der Waals surface area contributed by atoms with E-state index < -0.39 is 0 Å². The summed E-state index contributed by atoms with van der Waals surface area (Å²) in [7, 11) is 0. The molecule has 0 radical (unpaired) electrons. The van der Waals surface area contributed by atoms with Crippen LogP contribution in [0, 0.1) is 6.92 Å². The van der Waals surface area contributed by atoms with Crippen LogP contribution < -0.4 is 5.43 Å². The van der Waals surface area contributed by atoms with Crippen molar-refractivity contribution in [3.8, 4) is 0 Å². The van der Waals surface area contributed by atoms with Crippen molar-refractivity contribution >= 4 is 41.0 Å². The zero-order chi connectivity index (χ0) is 23.0. The first kappa shape index (κ1) is 22.6. The predicted octanol–water partition coefficient (Wildman–Crippen LogP) is 5.69. The number of aromatic nitrogens is 2. The third-order valence-electron chi connectivity index (χ3n) is 5.06. The number of amides is 1. The Labute approximate surface area is 198 Å². The van der Waals surface area contributed by atoms with Crippen LogP contribution in [0.1, 0.15) is 23.6 Å². The number of carbonyl (C=O) groups is 1. The minimum Gasteiger partial charge on any atom is -0.314 e. The number of hydrogen-bond acceptors (Lipinski definition) is 4. The van der Waals surface area contributed by atoms with Crippen molar-refractivity contribution in [2.75, 3.05) is 5.75 Å². The topological polar surface area (TPSA) is 59.3 Å². The van der Waals surface area contributed by atoms with E-state index in [1.807, 2.05) is 61.5 Å². The molecule has 1 amide bonds. The van der Waals surface area contributed by atoms with Crippen LogP contribution in [-0.2, 0) is 11.3 Å². The summed E-state index contributed by atoms with van der Waals surface area (Å²) in [4.78, 5) is 17.1. The predicted molar refractivity (Wildman–Crippen MR) is 137 cm³/mol. The molecule has 4 rings (SSSR count). The van der Waals surface area contributed by atoms with E-state index in [9.17, 15) is 4.79 Å². The van der Waals surface area contributed by atoms with Gasteiger partial charge in [-0.05, 0) is 42.7 Å². The Morgan fingerprint density at radius 3 is 2.55 bits per heavy atom. The van der Waals surface area contributed by atoms with Crippen LogP contribution in [0.2, 0.25) is 0 Å². The number of para-hydroxylation sites is 2. The SMILES string of the molecule is CC(/C=N/NC(=O)CSc1nc2ccccc2n1Cc1ccc(C)cc1)=C\c1ccccc1. The molecule has 0 aliphatic rings.